The van der Waals surface area contributed by atoms with Gasteiger partial charge in [0.2, 0.25) is 0 Å². The van der Waals surface area contributed by atoms with Crippen molar-refractivity contribution in [2.24, 2.45) is 0 Å². The number of rotatable bonds is 3. The first kappa shape index (κ1) is 11.0. The zero-order chi connectivity index (χ0) is 10.7. The summed E-state index contributed by atoms with van der Waals surface area (Å²) in [5.41, 5.74) is 0.954. The van der Waals surface area contributed by atoms with Gasteiger partial charge in [0.1, 0.15) is 5.82 Å². The Morgan fingerprint density at radius 1 is 1.07 bits per heavy atom. The van der Waals surface area contributed by atoms with Crippen molar-refractivity contribution in [1.82, 2.24) is 0 Å². The average Bonchev–Trinajstić information content (AvgIpc) is 2.02. The fourth-order valence-electron chi connectivity index (χ4n) is 1.83. The zero-order valence-corrected chi connectivity index (χ0v) is 9.29. The van der Waals surface area contributed by atoms with Crippen LogP contribution in [0.2, 0.25) is 0 Å². The molecule has 0 amide bonds. The van der Waals surface area contributed by atoms with E-state index in [9.17, 15) is 4.39 Å². The molecule has 0 aliphatic carbocycles. The fraction of sp³-hybridized carbons (Fsp3) is 0.500. The molecule has 0 aliphatic heterocycles. The van der Waals surface area contributed by atoms with E-state index in [0.29, 0.717) is 12.1 Å². The smallest absolute Gasteiger partial charge is 0.125 e. The van der Waals surface area contributed by atoms with Crippen LogP contribution in [0, 0.1) is 5.82 Å². The van der Waals surface area contributed by atoms with Gasteiger partial charge in [0.05, 0.1) is 0 Å². The van der Waals surface area contributed by atoms with Crippen molar-refractivity contribution in [1.29, 1.82) is 0 Å². The molecule has 0 saturated heterocycles. The van der Waals surface area contributed by atoms with Gasteiger partial charge in [0.15, 0.2) is 0 Å². The normalized spacial score (nSPS) is 11.1. The highest BCUT2D eigenvalue weighted by Crippen LogP contribution is 2.20. The molecule has 0 aliphatic rings. The third kappa shape index (κ3) is 2.47. The monoisotopic (exact) mass is 195 g/mol. The molecular formula is C12H18FN. The fourth-order valence-corrected chi connectivity index (χ4v) is 1.83. The van der Waals surface area contributed by atoms with Crippen LogP contribution < -0.4 is 4.90 Å². The van der Waals surface area contributed by atoms with Crippen LogP contribution in [0.5, 0.6) is 0 Å². The first-order valence-electron chi connectivity index (χ1n) is 5.06. The van der Waals surface area contributed by atoms with Gasteiger partial charge in [-0.2, -0.15) is 0 Å². The molecule has 2 heteroatoms. The summed E-state index contributed by atoms with van der Waals surface area (Å²) in [7, 11) is 0. The van der Waals surface area contributed by atoms with E-state index < -0.39 is 0 Å². The molecule has 78 valence electrons. The maximum atomic E-state index is 13.0. The van der Waals surface area contributed by atoms with Gasteiger partial charge in [0.25, 0.3) is 0 Å². The Morgan fingerprint density at radius 2 is 1.64 bits per heavy atom. The SMILES string of the molecule is CC(C)N(c1cccc(F)c1)C(C)C. The number of anilines is 1. The molecule has 0 unspecified atom stereocenters. The van der Waals surface area contributed by atoms with Crippen LogP contribution in [0.1, 0.15) is 27.7 Å². The van der Waals surface area contributed by atoms with Gasteiger partial charge in [-0.1, -0.05) is 6.07 Å². The third-order valence-corrected chi connectivity index (χ3v) is 2.22. The minimum Gasteiger partial charge on any atom is -0.367 e. The molecule has 0 N–H and O–H groups in total. The Hall–Kier alpha value is -1.05. The summed E-state index contributed by atoms with van der Waals surface area (Å²) in [5.74, 6) is -0.172. The second kappa shape index (κ2) is 4.45. The van der Waals surface area contributed by atoms with Crippen molar-refractivity contribution in [2.45, 2.75) is 39.8 Å². The lowest BCUT2D eigenvalue weighted by Crippen LogP contribution is -2.36. The quantitative estimate of drug-likeness (QED) is 0.714. The lowest BCUT2D eigenvalue weighted by molar-refractivity contribution is 0.597. The van der Waals surface area contributed by atoms with E-state index in [1.54, 1.807) is 12.1 Å². The third-order valence-electron chi connectivity index (χ3n) is 2.22. The van der Waals surface area contributed by atoms with Gasteiger partial charge in [-0.25, -0.2) is 4.39 Å². The van der Waals surface area contributed by atoms with E-state index in [-0.39, 0.29) is 5.82 Å². The molecule has 0 fully saturated rings. The minimum absolute atomic E-state index is 0.172. The molecule has 0 bridgehead atoms. The molecule has 0 spiro atoms. The summed E-state index contributed by atoms with van der Waals surface area (Å²) < 4.78 is 13.0. The van der Waals surface area contributed by atoms with Crippen molar-refractivity contribution in [3.8, 4) is 0 Å². The van der Waals surface area contributed by atoms with Crippen LogP contribution in [0.4, 0.5) is 10.1 Å². The van der Waals surface area contributed by atoms with Crippen molar-refractivity contribution >= 4 is 5.69 Å². The van der Waals surface area contributed by atoms with Crippen LogP contribution >= 0.6 is 0 Å². The lowest BCUT2D eigenvalue weighted by Gasteiger charge is -2.33. The first-order chi connectivity index (χ1) is 6.52. The van der Waals surface area contributed by atoms with Crippen LogP contribution in [0.3, 0.4) is 0 Å². The Balaban J connectivity index is 2.99. The van der Waals surface area contributed by atoms with Crippen LogP contribution in [0.15, 0.2) is 24.3 Å². The zero-order valence-electron chi connectivity index (χ0n) is 9.29. The number of halogens is 1. The summed E-state index contributed by atoms with van der Waals surface area (Å²) in [6.07, 6.45) is 0. The Morgan fingerprint density at radius 3 is 2.07 bits per heavy atom. The largest absolute Gasteiger partial charge is 0.367 e. The maximum Gasteiger partial charge on any atom is 0.125 e. The van der Waals surface area contributed by atoms with Crippen molar-refractivity contribution < 1.29 is 4.39 Å². The molecule has 0 aromatic heterocycles. The molecule has 1 rings (SSSR count). The molecule has 14 heavy (non-hydrogen) atoms. The Labute approximate surface area is 85.5 Å². The molecule has 1 aromatic carbocycles. The standard InChI is InChI=1S/C12H18FN/c1-9(2)14(10(3)4)12-7-5-6-11(13)8-12/h5-10H,1-4H3. The number of hydrogen-bond acceptors (Lipinski definition) is 1. The highest BCUT2D eigenvalue weighted by atomic mass is 19.1. The predicted octanol–water partition coefficient (Wildman–Crippen LogP) is 3.45. The minimum atomic E-state index is -0.172. The molecule has 0 heterocycles. The molecular weight excluding hydrogens is 177 g/mol. The molecule has 1 aromatic rings. The number of benzene rings is 1. The average molecular weight is 195 g/mol. The number of hydrogen-bond donors (Lipinski definition) is 0. The van der Waals surface area contributed by atoms with Crippen LogP contribution in [-0.4, -0.2) is 12.1 Å². The molecule has 0 saturated carbocycles. The number of nitrogens with zero attached hydrogens (tertiary/aromatic N) is 1. The van der Waals surface area contributed by atoms with Crippen LogP contribution in [0.25, 0.3) is 0 Å². The second-order valence-electron chi connectivity index (χ2n) is 4.07. The van der Waals surface area contributed by atoms with Crippen LogP contribution in [-0.2, 0) is 0 Å². The van der Waals surface area contributed by atoms with E-state index in [1.165, 1.54) is 6.07 Å². The van der Waals surface area contributed by atoms with E-state index >= 15 is 0 Å². The summed E-state index contributed by atoms with van der Waals surface area (Å²) >= 11 is 0. The van der Waals surface area contributed by atoms with Gasteiger partial charge in [0, 0.05) is 17.8 Å². The summed E-state index contributed by atoms with van der Waals surface area (Å²) in [5, 5.41) is 0. The highest BCUT2D eigenvalue weighted by Gasteiger charge is 2.13. The van der Waals surface area contributed by atoms with Gasteiger partial charge < -0.3 is 4.90 Å². The van der Waals surface area contributed by atoms with Crippen molar-refractivity contribution in [2.75, 3.05) is 4.90 Å². The summed E-state index contributed by atoms with van der Waals surface area (Å²) in [6.45, 7) is 8.46. The van der Waals surface area contributed by atoms with E-state index in [1.807, 2.05) is 6.07 Å². The highest BCUT2D eigenvalue weighted by molar-refractivity contribution is 5.48. The molecule has 0 atom stereocenters. The van der Waals surface area contributed by atoms with E-state index in [4.69, 9.17) is 0 Å². The Kier molecular flexibility index (Phi) is 3.50. The van der Waals surface area contributed by atoms with E-state index in [0.717, 1.165) is 5.69 Å². The molecule has 1 nitrogen and oxygen atoms in total. The van der Waals surface area contributed by atoms with Gasteiger partial charge >= 0.3 is 0 Å². The first-order valence-corrected chi connectivity index (χ1v) is 5.06. The lowest BCUT2D eigenvalue weighted by atomic mass is 10.2. The summed E-state index contributed by atoms with van der Waals surface area (Å²) in [6, 6.07) is 7.53. The maximum absolute atomic E-state index is 13.0. The predicted molar refractivity (Wildman–Crippen MR) is 59.2 cm³/mol. The van der Waals surface area contributed by atoms with E-state index in [2.05, 4.69) is 32.6 Å². The van der Waals surface area contributed by atoms with Gasteiger partial charge in [-0.3, -0.25) is 0 Å². The Bertz CT molecular complexity index is 286. The van der Waals surface area contributed by atoms with Crippen molar-refractivity contribution in [3.63, 3.8) is 0 Å². The topological polar surface area (TPSA) is 3.24 Å². The van der Waals surface area contributed by atoms with Gasteiger partial charge in [-0.05, 0) is 45.9 Å². The summed E-state index contributed by atoms with van der Waals surface area (Å²) in [4.78, 5) is 2.20. The van der Waals surface area contributed by atoms with Gasteiger partial charge in [-0.15, -0.1) is 0 Å². The van der Waals surface area contributed by atoms with Crippen molar-refractivity contribution in [3.05, 3.63) is 30.1 Å². The molecule has 0 radical (unpaired) electrons. The second-order valence-corrected chi connectivity index (χ2v) is 4.07.